The molecule has 0 aromatic rings. The molecule has 0 saturated carbocycles. The van der Waals surface area contributed by atoms with Crippen molar-refractivity contribution in [1.82, 2.24) is 0 Å². The summed E-state index contributed by atoms with van der Waals surface area (Å²) in [5.41, 5.74) is 4.08. The van der Waals surface area contributed by atoms with E-state index >= 15 is 0 Å². The molecule has 0 amide bonds. The highest BCUT2D eigenvalue weighted by atomic mass is 31.2. The molecule has 22 heavy (non-hydrogen) atoms. The molecule has 4 nitrogen and oxygen atoms in total. The first-order valence-electron chi connectivity index (χ1n) is 7.77. The average Bonchev–Trinajstić information content (AvgIpc) is 2.36. The van der Waals surface area contributed by atoms with Gasteiger partial charge in [-0.3, -0.25) is 4.57 Å². The highest BCUT2D eigenvalue weighted by molar-refractivity contribution is 7.51. The molecule has 0 bridgehead atoms. The molecule has 0 aromatic heterocycles. The highest BCUT2D eigenvalue weighted by Crippen LogP contribution is 2.33. The van der Waals surface area contributed by atoms with E-state index in [0.717, 1.165) is 25.7 Å². The molecule has 128 valence electrons. The minimum Gasteiger partial charge on any atom is -0.369 e. The maximum Gasteiger partial charge on any atom is 0.350 e. The summed E-state index contributed by atoms with van der Waals surface area (Å²) in [6, 6.07) is 0. The van der Waals surface area contributed by atoms with Crippen molar-refractivity contribution in [2.24, 2.45) is 0 Å². The lowest BCUT2D eigenvalue weighted by Gasteiger charge is -2.04. The summed E-state index contributed by atoms with van der Waals surface area (Å²) in [5.74, 6) is 0. The second-order valence-corrected chi connectivity index (χ2v) is 7.54. The molecular weight excluding hydrogens is 299 g/mol. The Balaban J connectivity index is 3.83. The van der Waals surface area contributed by atoms with Gasteiger partial charge in [0.25, 0.3) is 0 Å². The van der Waals surface area contributed by atoms with Gasteiger partial charge in [-0.05, 0) is 59.8 Å². The summed E-state index contributed by atoms with van der Waals surface area (Å²) in [4.78, 5) is 17.3. The van der Waals surface area contributed by atoms with Crippen LogP contribution in [0.3, 0.4) is 0 Å². The van der Waals surface area contributed by atoms with Crippen molar-refractivity contribution in [1.29, 1.82) is 0 Å². The normalized spacial score (nSPS) is 13.4. The molecule has 0 radical (unpaired) electrons. The zero-order valence-electron chi connectivity index (χ0n) is 14.3. The van der Waals surface area contributed by atoms with Gasteiger partial charge in [0.15, 0.2) is 0 Å². The van der Waals surface area contributed by atoms with Crippen molar-refractivity contribution in [3.8, 4) is 0 Å². The fraction of sp³-hybridized carbons (Fsp3) is 0.647. The van der Waals surface area contributed by atoms with Crippen molar-refractivity contribution in [3.05, 3.63) is 34.9 Å². The molecule has 0 aliphatic rings. The van der Waals surface area contributed by atoms with Gasteiger partial charge in [0.05, 0.1) is 6.61 Å². The quantitative estimate of drug-likeness (QED) is 0.320. The Morgan fingerprint density at radius 1 is 0.909 bits per heavy atom. The van der Waals surface area contributed by atoms with Gasteiger partial charge in [-0.15, -0.1) is 0 Å². The number of hydrogen-bond donors (Lipinski definition) is 2. The fourth-order valence-corrected chi connectivity index (χ4v) is 2.28. The van der Waals surface area contributed by atoms with E-state index < -0.39 is 13.9 Å². The smallest absolute Gasteiger partial charge is 0.350 e. The van der Waals surface area contributed by atoms with Crippen LogP contribution in [-0.4, -0.2) is 22.7 Å². The van der Waals surface area contributed by atoms with Gasteiger partial charge in [0, 0.05) is 0 Å². The SMILES string of the molecule is CC(C)=CCC/C(C)=C/CC/C(C)=C/CCOCP(=O)(O)O. The summed E-state index contributed by atoms with van der Waals surface area (Å²) in [6.07, 6.45) is 11.1. The number of ether oxygens (including phenoxy) is 1. The van der Waals surface area contributed by atoms with E-state index in [1.54, 1.807) is 0 Å². The molecule has 0 atom stereocenters. The molecule has 0 aromatic carbocycles. The molecule has 0 rings (SSSR count). The molecule has 0 heterocycles. The molecule has 0 fully saturated rings. The first-order chi connectivity index (χ1) is 10.2. The van der Waals surface area contributed by atoms with Gasteiger partial charge in [-0.25, -0.2) is 0 Å². The first-order valence-corrected chi connectivity index (χ1v) is 9.57. The Kier molecular flexibility index (Phi) is 11.5. The molecule has 0 unspecified atom stereocenters. The van der Waals surface area contributed by atoms with E-state index in [1.807, 2.05) is 0 Å². The van der Waals surface area contributed by atoms with Crippen LogP contribution >= 0.6 is 7.60 Å². The van der Waals surface area contributed by atoms with Crippen LogP contribution in [0.15, 0.2) is 34.9 Å². The third-order valence-corrected chi connectivity index (χ3v) is 3.66. The van der Waals surface area contributed by atoms with Gasteiger partial charge in [-0.2, -0.15) is 0 Å². The van der Waals surface area contributed by atoms with E-state index in [0.29, 0.717) is 13.0 Å². The molecule has 0 spiro atoms. The first kappa shape index (κ1) is 21.3. The van der Waals surface area contributed by atoms with Gasteiger partial charge >= 0.3 is 7.60 Å². The predicted octanol–water partition coefficient (Wildman–Crippen LogP) is 4.95. The molecule has 5 heteroatoms. The lowest BCUT2D eigenvalue weighted by atomic mass is 10.1. The summed E-state index contributed by atoms with van der Waals surface area (Å²) in [6.45, 7) is 8.84. The van der Waals surface area contributed by atoms with Crippen LogP contribution in [0.5, 0.6) is 0 Å². The Hall–Kier alpha value is -0.670. The van der Waals surface area contributed by atoms with Crippen LogP contribution in [-0.2, 0) is 9.30 Å². The zero-order chi connectivity index (χ0) is 17.0. The van der Waals surface area contributed by atoms with Crippen LogP contribution in [0.2, 0.25) is 0 Å². The fourth-order valence-electron chi connectivity index (χ4n) is 1.91. The van der Waals surface area contributed by atoms with Crippen molar-refractivity contribution in [2.45, 2.75) is 59.8 Å². The number of hydrogen-bond acceptors (Lipinski definition) is 2. The minimum absolute atomic E-state index is 0.347. The lowest BCUT2D eigenvalue weighted by molar-refractivity contribution is 0.161. The van der Waals surface area contributed by atoms with E-state index in [-0.39, 0.29) is 0 Å². The molecule has 0 saturated heterocycles. The monoisotopic (exact) mass is 330 g/mol. The van der Waals surface area contributed by atoms with Gasteiger partial charge in [0.2, 0.25) is 0 Å². The third-order valence-electron chi connectivity index (χ3n) is 3.14. The van der Waals surface area contributed by atoms with Crippen LogP contribution in [0, 0.1) is 0 Å². The van der Waals surface area contributed by atoms with Crippen LogP contribution in [0.25, 0.3) is 0 Å². The van der Waals surface area contributed by atoms with Crippen molar-refractivity contribution in [2.75, 3.05) is 13.0 Å². The molecule has 0 aliphatic heterocycles. The molecule has 0 aliphatic carbocycles. The van der Waals surface area contributed by atoms with E-state index in [4.69, 9.17) is 14.5 Å². The Morgan fingerprint density at radius 2 is 1.41 bits per heavy atom. The predicted molar refractivity (Wildman–Crippen MR) is 92.9 cm³/mol. The highest BCUT2D eigenvalue weighted by Gasteiger charge is 2.11. The second kappa shape index (κ2) is 11.8. The lowest BCUT2D eigenvalue weighted by Crippen LogP contribution is -1.96. The Labute approximate surface area is 135 Å². The maximum atomic E-state index is 10.6. The summed E-state index contributed by atoms with van der Waals surface area (Å²) in [7, 11) is -4.03. The van der Waals surface area contributed by atoms with Crippen molar-refractivity contribution >= 4 is 7.60 Å². The van der Waals surface area contributed by atoms with Crippen molar-refractivity contribution in [3.63, 3.8) is 0 Å². The molecular formula is C17H31O4P. The minimum atomic E-state index is -4.03. The maximum absolute atomic E-state index is 10.6. The third kappa shape index (κ3) is 15.7. The number of allylic oxidation sites excluding steroid dienone is 5. The van der Waals surface area contributed by atoms with Gasteiger partial charge in [-0.1, -0.05) is 34.9 Å². The largest absolute Gasteiger partial charge is 0.369 e. The zero-order valence-corrected chi connectivity index (χ0v) is 15.2. The topological polar surface area (TPSA) is 66.8 Å². The van der Waals surface area contributed by atoms with Crippen LogP contribution in [0.4, 0.5) is 0 Å². The Bertz CT molecular complexity index is 440. The summed E-state index contributed by atoms with van der Waals surface area (Å²) < 4.78 is 15.5. The van der Waals surface area contributed by atoms with E-state index in [2.05, 4.69) is 45.9 Å². The standard InChI is InChI=1S/C17H31O4P/c1-15(2)8-5-9-16(3)10-6-11-17(4)12-7-13-21-14-22(18,19)20/h8,10,12H,5-7,9,11,13-14H2,1-4H3,(H2,18,19,20)/b16-10+,17-12+. The summed E-state index contributed by atoms with van der Waals surface area (Å²) >= 11 is 0. The van der Waals surface area contributed by atoms with Crippen LogP contribution < -0.4 is 0 Å². The van der Waals surface area contributed by atoms with Gasteiger partial charge in [0.1, 0.15) is 6.35 Å². The van der Waals surface area contributed by atoms with E-state index in [9.17, 15) is 4.57 Å². The average molecular weight is 330 g/mol. The number of rotatable bonds is 11. The summed E-state index contributed by atoms with van der Waals surface area (Å²) in [5, 5.41) is 0. The van der Waals surface area contributed by atoms with E-state index in [1.165, 1.54) is 16.7 Å². The second-order valence-electron chi connectivity index (χ2n) is 5.95. The Morgan fingerprint density at radius 3 is 1.91 bits per heavy atom. The van der Waals surface area contributed by atoms with Gasteiger partial charge < -0.3 is 14.5 Å². The van der Waals surface area contributed by atoms with Crippen LogP contribution in [0.1, 0.15) is 59.8 Å². The molecule has 2 N–H and O–H groups in total. The van der Waals surface area contributed by atoms with Crippen molar-refractivity contribution < 1.29 is 19.1 Å².